The Hall–Kier alpha value is -1.10. The molecule has 1 aliphatic carbocycles. The maximum absolute atomic E-state index is 12.0. The fraction of sp³-hybridized carbons (Fsp3) is 0.750. The molecule has 4 nitrogen and oxygen atoms in total. The highest BCUT2D eigenvalue weighted by molar-refractivity contribution is 5.66. The second kappa shape index (κ2) is 5.53. The van der Waals surface area contributed by atoms with Crippen molar-refractivity contribution in [3.05, 3.63) is 29.8 Å². The third kappa shape index (κ3) is 1.61. The molecule has 152 valence electrons. The van der Waals surface area contributed by atoms with E-state index in [0.717, 1.165) is 23.9 Å². The topological polar surface area (TPSA) is 43.7 Å². The van der Waals surface area contributed by atoms with E-state index in [9.17, 15) is 10.2 Å². The zero-order chi connectivity index (χ0) is 19.4. The summed E-state index contributed by atoms with van der Waals surface area (Å²) in [4.78, 5) is 2.49. The number of hydrogen-bond donors (Lipinski definition) is 2. The van der Waals surface area contributed by atoms with E-state index in [2.05, 4.69) is 50.1 Å². The molecule has 7 rings (SSSR count). The number of anilines is 1. The number of nitrogens with zero attached hydrogens (tertiary/aromatic N) is 2. The molecule has 6 aliphatic rings. The summed E-state index contributed by atoms with van der Waals surface area (Å²) < 4.78 is 0.884. The van der Waals surface area contributed by atoms with Crippen molar-refractivity contribution in [2.24, 2.45) is 17.8 Å². The summed E-state index contributed by atoms with van der Waals surface area (Å²) in [5.74, 6) is 1.18. The van der Waals surface area contributed by atoms with Crippen LogP contribution in [0.1, 0.15) is 51.5 Å². The van der Waals surface area contributed by atoms with Gasteiger partial charge in [-0.25, -0.2) is 0 Å². The maximum Gasteiger partial charge on any atom is 0.194 e. The van der Waals surface area contributed by atoms with E-state index >= 15 is 0 Å². The molecule has 0 amide bonds. The van der Waals surface area contributed by atoms with Gasteiger partial charge in [0.15, 0.2) is 6.23 Å². The lowest BCUT2D eigenvalue weighted by Gasteiger charge is -2.68. The first-order valence-corrected chi connectivity index (χ1v) is 11.6. The summed E-state index contributed by atoms with van der Waals surface area (Å²) in [6.07, 6.45) is 5.09. The molecular formula is C24H35N2O2+. The molecule has 1 saturated carbocycles. The van der Waals surface area contributed by atoms with Gasteiger partial charge in [0.05, 0.1) is 30.1 Å². The molecule has 10 atom stereocenters. The second-order valence-corrected chi connectivity index (χ2v) is 10.4. The Labute approximate surface area is 168 Å². The zero-order valence-electron chi connectivity index (χ0n) is 17.5. The normalized spacial score (nSPS) is 52.2. The van der Waals surface area contributed by atoms with Gasteiger partial charge in [-0.15, -0.1) is 0 Å². The van der Waals surface area contributed by atoms with Gasteiger partial charge in [0.2, 0.25) is 0 Å². The van der Waals surface area contributed by atoms with E-state index in [1.807, 2.05) is 0 Å². The molecule has 5 heterocycles. The number of unbranched alkanes of at least 4 members (excludes halogenated alkanes) is 1. The van der Waals surface area contributed by atoms with E-state index in [1.54, 1.807) is 0 Å². The summed E-state index contributed by atoms with van der Waals surface area (Å²) in [5.41, 5.74) is 2.56. The zero-order valence-corrected chi connectivity index (χ0v) is 17.5. The Morgan fingerprint density at radius 1 is 1.18 bits per heavy atom. The molecule has 4 saturated heterocycles. The number of quaternary nitrogens is 1. The van der Waals surface area contributed by atoms with Crippen LogP contribution in [0.4, 0.5) is 5.69 Å². The van der Waals surface area contributed by atoms with Crippen LogP contribution in [0.15, 0.2) is 24.3 Å². The van der Waals surface area contributed by atoms with Crippen LogP contribution in [0, 0.1) is 17.8 Å². The smallest absolute Gasteiger partial charge is 0.194 e. The molecule has 0 aromatic heterocycles. The quantitative estimate of drug-likeness (QED) is 0.786. The fourth-order valence-electron chi connectivity index (χ4n) is 9.27. The number of benzene rings is 1. The molecule has 1 spiro atoms. The van der Waals surface area contributed by atoms with E-state index in [1.165, 1.54) is 30.5 Å². The Morgan fingerprint density at radius 2 is 1.96 bits per heavy atom. The first-order valence-electron chi connectivity index (χ1n) is 11.6. The number of fused-ring (bicyclic) bond motifs is 2. The fourth-order valence-corrected chi connectivity index (χ4v) is 9.27. The van der Waals surface area contributed by atoms with Gasteiger partial charge in [0, 0.05) is 37.4 Å². The van der Waals surface area contributed by atoms with Crippen LogP contribution in [0.3, 0.4) is 0 Å². The van der Waals surface area contributed by atoms with Crippen LogP contribution >= 0.6 is 0 Å². The van der Waals surface area contributed by atoms with Gasteiger partial charge in [-0.2, -0.15) is 0 Å². The first kappa shape index (κ1) is 17.7. The standard InChI is InChI=1S/C24H35N2O2/c1-4-6-11-26-18-12-15(14(5-2)23(26)28)20-19(26)13-24(22(20)27)16-9-7-8-10-17(16)25(3)21(18)24/h7-10,14-15,18-23,27-28H,4-6,11-13H2,1-3H3/q+1/t14-,15-,18-,19-,20+,21-,22+,23+,24+,26-/m0/s1. The number of aliphatic hydroxyl groups is 2. The van der Waals surface area contributed by atoms with Crippen molar-refractivity contribution < 1.29 is 14.7 Å². The molecule has 4 heteroatoms. The molecule has 0 radical (unpaired) electrons. The Morgan fingerprint density at radius 3 is 2.71 bits per heavy atom. The second-order valence-electron chi connectivity index (χ2n) is 10.4. The number of aliphatic hydroxyl groups excluding tert-OH is 2. The molecule has 5 fully saturated rings. The van der Waals surface area contributed by atoms with Crippen LogP contribution in [-0.2, 0) is 5.41 Å². The van der Waals surface area contributed by atoms with Gasteiger partial charge in [0.25, 0.3) is 0 Å². The highest BCUT2D eigenvalue weighted by Gasteiger charge is 2.82. The van der Waals surface area contributed by atoms with E-state index in [4.69, 9.17) is 0 Å². The average molecular weight is 384 g/mol. The summed E-state index contributed by atoms with van der Waals surface area (Å²) in [5, 5.41) is 23.7. The summed E-state index contributed by atoms with van der Waals surface area (Å²) in [6.45, 7) is 5.59. The maximum atomic E-state index is 12.0. The van der Waals surface area contributed by atoms with Gasteiger partial charge < -0.3 is 15.1 Å². The lowest BCUT2D eigenvalue weighted by molar-refractivity contribution is -1.04. The van der Waals surface area contributed by atoms with Crippen LogP contribution in [-0.4, -0.2) is 58.7 Å². The predicted octanol–water partition coefficient (Wildman–Crippen LogP) is 2.87. The average Bonchev–Trinajstić information content (AvgIpc) is 3.09. The third-order valence-electron chi connectivity index (χ3n) is 10.0. The van der Waals surface area contributed by atoms with Crippen molar-refractivity contribution in [1.82, 2.24) is 0 Å². The Bertz CT molecular complexity index is 814. The SMILES string of the molecule is CCCC[N@+]12[C@H](O)[C@@H](CC)[C@@H]3C[C@H]1[C@@H]1N(C)c4ccccc4[C@]14C[C@H]2[C@@H]3[C@H]4O. The van der Waals surface area contributed by atoms with Crippen molar-refractivity contribution in [1.29, 1.82) is 0 Å². The molecular weight excluding hydrogens is 348 g/mol. The first-order chi connectivity index (χ1) is 13.5. The molecule has 5 aliphatic heterocycles. The number of para-hydroxylation sites is 1. The highest BCUT2D eigenvalue weighted by Crippen LogP contribution is 2.71. The monoisotopic (exact) mass is 383 g/mol. The number of piperidine rings is 4. The van der Waals surface area contributed by atoms with E-state index in [-0.39, 0.29) is 17.7 Å². The van der Waals surface area contributed by atoms with Gasteiger partial charge in [0.1, 0.15) is 6.04 Å². The van der Waals surface area contributed by atoms with Crippen LogP contribution in [0.2, 0.25) is 0 Å². The summed E-state index contributed by atoms with van der Waals surface area (Å²) in [6, 6.07) is 10.00. The Kier molecular flexibility index (Phi) is 3.50. The molecule has 5 bridgehead atoms. The molecule has 1 aromatic carbocycles. The molecule has 0 unspecified atom stereocenters. The van der Waals surface area contributed by atoms with Crippen molar-refractivity contribution in [2.75, 3.05) is 18.5 Å². The minimum absolute atomic E-state index is 0.129. The van der Waals surface area contributed by atoms with Crippen LogP contribution < -0.4 is 4.90 Å². The minimum Gasteiger partial charge on any atom is -0.392 e. The number of hydrogen-bond acceptors (Lipinski definition) is 3. The molecule has 28 heavy (non-hydrogen) atoms. The third-order valence-corrected chi connectivity index (χ3v) is 10.0. The lowest BCUT2D eigenvalue weighted by atomic mass is 9.60. The van der Waals surface area contributed by atoms with Crippen LogP contribution in [0.5, 0.6) is 0 Å². The van der Waals surface area contributed by atoms with Crippen molar-refractivity contribution >= 4 is 5.69 Å². The van der Waals surface area contributed by atoms with E-state index in [0.29, 0.717) is 35.9 Å². The Balaban J connectivity index is 1.59. The van der Waals surface area contributed by atoms with Crippen molar-refractivity contribution in [3.63, 3.8) is 0 Å². The van der Waals surface area contributed by atoms with Crippen LogP contribution in [0.25, 0.3) is 0 Å². The van der Waals surface area contributed by atoms with Gasteiger partial charge in [-0.3, -0.25) is 4.48 Å². The predicted molar refractivity (Wildman–Crippen MR) is 110 cm³/mol. The van der Waals surface area contributed by atoms with Gasteiger partial charge in [-0.1, -0.05) is 38.5 Å². The summed E-state index contributed by atoms with van der Waals surface area (Å²) in [7, 11) is 2.24. The molecule has 2 N–H and O–H groups in total. The van der Waals surface area contributed by atoms with E-state index < -0.39 is 0 Å². The van der Waals surface area contributed by atoms with Crippen molar-refractivity contribution in [2.45, 2.75) is 81.8 Å². The number of likely N-dealkylation sites (N-methyl/N-ethyl adjacent to an activating group) is 1. The minimum atomic E-state index is -0.272. The summed E-state index contributed by atoms with van der Waals surface area (Å²) >= 11 is 0. The van der Waals surface area contributed by atoms with Crippen molar-refractivity contribution in [3.8, 4) is 0 Å². The lowest BCUT2D eigenvalue weighted by Crippen LogP contribution is -2.83. The highest BCUT2D eigenvalue weighted by atomic mass is 16.3. The largest absolute Gasteiger partial charge is 0.392 e. The molecule has 1 aromatic rings. The van der Waals surface area contributed by atoms with Gasteiger partial charge in [-0.05, 0) is 30.4 Å². The van der Waals surface area contributed by atoms with Gasteiger partial charge >= 0.3 is 0 Å². The number of rotatable bonds is 4.